The van der Waals surface area contributed by atoms with Crippen LogP contribution in [0.2, 0.25) is 0 Å². The van der Waals surface area contributed by atoms with Gasteiger partial charge in [-0.05, 0) is 72.8 Å². The Labute approximate surface area is 334 Å². The van der Waals surface area contributed by atoms with Crippen LogP contribution in [0.15, 0.2) is 139 Å². The van der Waals surface area contributed by atoms with Crippen LogP contribution in [0.25, 0.3) is 90.9 Å². The van der Waals surface area contributed by atoms with E-state index in [-0.39, 0.29) is 0 Å². The van der Waals surface area contributed by atoms with Gasteiger partial charge in [-0.15, -0.1) is 0 Å². The number of halogens is 4. The maximum atomic E-state index is 5.40. The van der Waals surface area contributed by atoms with Gasteiger partial charge in [0.25, 0.3) is 0 Å². The van der Waals surface area contributed by atoms with E-state index < -0.39 is 0 Å². The van der Waals surface area contributed by atoms with E-state index in [1.165, 1.54) is 0 Å². The number of rotatable bonds is 4. The molecule has 2 N–H and O–H groups in total. The lowest BCUT2D eigenvalue weighted by molar-refractivity contribution is 1.31. The molecule has 0 fully saturated rings. The zero-order chi connectivity index (χ0) is 35.3. The lowest BCUT2D eigenvalue weighted by Gasteiger charge is -2.09. The summed E-state index contributed by atoms with van der Waals surface area (Å²) in [5, 5.41) is 0. The lowest BCUT2D eigenvalue weighted by atomic mass is 10.0. The standard InChI is InChI=1S/C44H26Br4N4/c45-29-13-5-1-9-25(29)41-33-17-19-35(49-33)42(26-10-2-6-14-30(26)46)37-21-23-39(51-37)44(28-12-4-8-16-32(28)48)40-24-22-38(52-40)43(36-20-18-34(41)50-36)27-11-3-7-15-31(27)47/h1-24,49,52H. The molecule has 4 aromatic carbocycles. The molecule has 0 radical (unpaired) electrons. The Morgan fingerprint density at radius 1 is 0.308 bits per heavy atom. The molecule has 250 valence electrons. The summed E-state index contributed by atoms with van der Waals surface area (Å²) in [5.41, 5.74) is 15.3. The smallest absolute Gasteiger partial charge is 0.0737 e. The zero-order valence-electron chi connectivity index (χ0n) is 27.3. The van der Waals surface area contributed by atoms with Gasteiger partial charge < -0.3 is 9.97 Å². The summed E-state index contributed by atoms with van der Waals surface area (Å²) in [6.07, 6.45) is 8.46. The van der Waals surface area contributed by atoms with Crippen molar-refractivity contribution >= 4 is 110 Å². The molecule has 0 spiro atoms. The Hall–Kier alpha value is -4.60. The minimum Gasteiger partial charge on any atom is -0.354 e. The average molecular weight is 930 g/mol. The Bertz CT molecular complexity index is 2440. The maximum absolute atomic E-state index is 5.40. The van der Waals surface area contributed by atoms with Gasteiger partial charge in [-0.3, -0.25) is 0 Å². The first-order valence-corrected chi connectivity index (χ1v) is 19.8. The van der Waals surface area contributed by atoms with Crippen LogP contribution in [0.1, 0.15) is 22.8 Å². The van der Waals surface area contributed by atoms with E-state index in [0.717, 1.165) is 107 Å². The minimum absolute atomic E-state index is 0.857. The molecule has 52 heavy (non-hydrogen) atoms. The summed E-state index contributed by atoms with van der Waals surface area (Å²) in [5.74, 6) is 0. The van der Waals surface area contributed by atoms with Crippen LogP contribution in [0, 0.1) is 0 Å². The topological polar surface area (TPSA) is 57.4 Å². The number of aromatic amines is 2. The van der Waals surface area contributed by atoms with Crippen molar-refractivity contribution in [2.75, 3.05) is 0 Å². The molecule has 0 amide bonds. The van der Waals surface area contributed by atoms with Crippen molar-refractivity contribution in [3.05, 3.63) is 162 Å². The molecule has 5 heterocycles. The Morgan fingerprint density at radius 3 is 0.769 bits per heavy atom. The Morgan fingerprint density at radius 2 is 0.538 bits per heavy atom. The van der Waals surface area contributed by atoms with Crippen LogP contribution in [-0.2, 0) is 0 Å². The molecule has 7 aromatic rings. The van der Waals surface area contributed by atoms with Crippen molar-refractivity contribution in [2.24, 2.45) is 0 Å². The first-order valence-electron chi connectivity index (χ1n) is 16.6. The van der Waals surface area contributed by atoms with Crippen LogP contribution < -0.4 is 0 Å². The molecular weight excluding hydrogens is 904 g/mol. The Kier molecular flexibility index (Phi) is 8.79. The summed E-state index contributed by atoms with van der Waals surface area (Å²) in [6.45, 7) is 0. The van der Waals surface area contributed by atoms with Crippen molar-refractivity contribution in [1.82, 2.24) is 19.9 Å². The fraction of sp³-hybridized carbons (Fsp3) is 0. The van der Waals surface area contributed by atoms with Gasteiger partial charge in [0.1, 0.15) is 0 Å². The predicted octanol–water partition coefficient (Wildman–Crippen LogP) is 14.4. The van der Waals surface area contributed by atoms with E-state index in [9.17, 15) is 0 Å². The molecule has 9 rings (SSSR count). The van der Waals surface area contributed by atoms with Gasteiger partial charge in [0, 0.05) is 84.5 Å². The molecule has 8 bridgehead atoms. The third-order valence-electron chi connectivity index (χ3n) is 9.33. The normalized spacial score (nSPS) is 12.1. The first-order chi connectivity index (χ1) is 25.4. The van der Waals surface area contributed by atoms with E-state index >= 15 is 0 Å². The minimum atomic E-state index is 0.857. The van der Waals surface area contributed by atoms with E-state index in [0.29, 0.717) is 0 Å². The van der Waals surface area contributed by atoms with Crippen LogP contribution in [0.3, 0.4) is 0 Å². The fourth-order valence-corrected chi connectivity index (χ4v) is 8.93. The van der Waals surface area contributed by atoms with Gasteiger partial charge in [-0.2, -0.15) is 0 Å². The van der Waals surface area contributed by atoms with Crippen LogP contribution in [0.5, 0.6) is 0 Å². The number of nitrogens with one attached hydrogen (secondary N) is 2. The molecule has 8 heteroatoms. The second-order valence-corrected chi connectivity index (χ2v) is 15.8. The molecular formula is C44H26Br4N4. The molecule has 0 saturated carbocycles. The van der Waals surface area contributed by atoms with Crippen molar-refractivity contribution in [3.8, 4) is 44.5 Å². The van der Waals surface area contributed by atoms with Crippen LogP contribution in [0.4, 0.5) is 0 Å². The molecule has 2 aliphatic rings. The molecule has 2 aliphatic heterocycles. The molecule has 0 saturated heterocycles. The number of aromatic nitrogens is 4. The number of hydrogen-bond donors (Lipinski definition) is 2. The molecule has 0 atom stereocenters. The third kappa shape index (κ3) is 5.88. The highest BCUT2D eigenvalue weighted by Gasteiger charge is 2.21. The van der Waals surface area contributed by atoms with E-state index in [1.807, 2.05) is 24.3 Å². The van der Waals surface area contributed by atoms with Crippen molar-refractivity contribution < 1.29 is 0 Å². The number of hydrogen-bond acceptors (Lipinski definition) is 2. The summed E-state index contributed by atoms with van der Waals surface area (Å²) in [6, 6.07) is 41.8. The highest BCUT2D eigenvalue weighted by molar-refractivity contribution is 9.11. The number of nitrogens with zero attached hydrogens (tertiary/aromatic N) is 2. The number of fused-ring (bicyclic) bond motifs is 8. The molecule has 4 nitrogen and oxygen atoms in total. The van der Waals surface area contributed by atoms with E-state index in [1.54, 1.807) is 0 Å². The molecule has 0 unspecified atom stereocenters. The van der Waals surface area contributed by atoms with E-state index in [2.05, 4.69) is 195 Å². The van der Waals surface area contributed by atoms with Crippen molar-refractivity contribution in [1.29, 1.82) is 0 Å². The van der Waals surface area contributed by atoms with Gasteiger partial charge in [0.2, 0.25) is 0 Å². The highest BCUT2D eigenvalue weighted by atomic mass is 79.9. The van der Waals surface area contributed by atoms with Gasteiger partial charge in [-0.1, -0.05) is 137 Å². The Balaban J connectivity index is 1.51. The van der Waals surface area contributed by atoms with Gasteiger partial charge in [-0.25, -0.2) is 9.97 Å². The summed E-state index contributed by atoms with van der Waals surface area (Å²) in [7, 11) is 0. The van der Waals surface area contributed by atoms with Crippen molar-refractivity contribution in [2.45, 2.75) is 0 Å². The van der Waals surface area contributed by atoms with Crippen LogP contribution >= 0.6 is 63.7 Å². The summed E-state index contributed by atoms with van der Waals surface area (Å²) < 4.78 is 3.93. The average Bonchev–Trinajstić information content (AvgIpc) is 3.99. The maximum Gasteiger partial charge on any atom is 0.0737 e. The monoisotopic (exact) mass is 926 g/mol. The highest BCUT2D eigenvalue weighted by Crippen LogP contribution is 2.42. The van der Waals surface area contributed by atoms with Gasteiger partial charge in [0.05, 0.1) is 22.8 Å². The lowest BCUT2D eigenvalue weighted by Crippen LogP contribution is -1.91. The molecule has 0 aliphatic carbocycles. The third-order valence-corrected chi connectivity index (χ3v) is 12.1. The van der Waals surface area contributed by atoms with Crippen molar-refractivity contribution in [3.63, 3.8) is 0 Å². The SMILES string of the molecule is Brc1ccccc1-c1c2nc(c(-c3ccccc3Br)c3ccc([nH]3)c(-c3ccccc3Br)c3nc(c(-c4ccccc4Br)c4ccc1[nH]4)C=C3)C=C2. The second kappa shape index (κ2) is 13.7. The van der Waals surface area contributed by atoms with Crippen LogP contribution in [-0.4, -0.2) is 19.9 Å². The number of H-pyrrole nitrogens is 2. The summed E-state index contributed by atoms with van der Waals surface area (Å²) in [4.78, 5) is 18.4. The zero-order valence-corrected chi connectivity index (χ0v) is 33.6. The second-order valence-electron chi connectivity index (χ2n) is 12.4. The predicted molar refractivity (Wildman–Crippen MR) is 231 cm³/mol. The quantitative estimate of drug-likeness (QED) is 0.185. The fourth-order valence-electron chi connectivity index (χ4n) is 6.99. The van der Waals surface area contributed by atoms with E-state index in [4.69, 9.17) is 9.97 Å². The van der Waals surface area contributed by atoms with Gasteiger partial charge in [0.15, 0.2) is 0 Å². The number of benzene rings is 4. The summed E-state index contributed by atoms with van der Waals surface area (Å²) >= 11 is 15.4. The first kappa shape index (κ1) is 33.3. The molecule has 3 aromatic heterocycles. The van der Waals surface area contributed by atoms with Gasteiger partial charge >= 0.3 is 0 Å². The largest absolute Gasteiger partial charge is 0.354 e.